The lowest BCUT2D eigenvalue weighted by molar-refractivity contribution is -0.116. The van der Waals surface area contributed by atoms with Crippen molar-refractivity contribution in [2.24, 2.45) is 0 Å². The molecule has 10 nitrogen and oxygen atoms in total. The van der Waals surface area contributed by atoms with E-state index in [-0.39, 0.29) is 42.1 Å². The van der Waals surface area contributed by atoms with Crippen LogP contribution >= 0.6 is 0 Å². The Morgan fingerprint density at radius 2 is 1.93 bits per heavy atom. The molecule has 0 aromatic carbocycles. The smallest absolute Gasteiger partial charge is 0.338 e. The number of amides is 2. The van der Waals surface area contributed by atoms with E-state index in [1.807, 2.05) is 6.92 Å². The summed E-state index contributed by atoms with van der Waals surface area (Å²) in [5, 5.41) is 22.9. The van der Waals surface area contributed by atoms with Crippen molar-refractivity contribution in [1.82, 2.24) is 24.9 Å². The Kier molecular flexibility index (Phi) is 6.63. The number of aryl methyl sites for hydroxylation is 2. The average Bonchev–Trinajstić information content (AvgIpc) is 3.34. The predicted molar refractivity (Wildman–Crippen MR) is 105 cm³/mol. The van der Waals surface area contributed by atoms with Gasteiger partial charge in [0.05, 0.1) is 17.4 Å². The van der Waals surface area contributed by atoms with Gasteiger partial charge < -0.3 is 15.7 Å². The molecule has 3 N–H and O–H groups in total. The second-order valence-electron chi connectivity index (χ2n) is 7.15. The molecular weight excluding hydrogens is 376 g/mol. The largest absolute Gasteiger partial charge is 0.478 e. The maximum absolute atomic E-state index is 12.7. The normalized spacial score (nSPS) is 14.5. The van der Waals surface area contributed by atoms with Gasteiger partial charge in [-0.1, -0.05) is 19.3 Å². The monoisotopic (exact) mass is 402 g/mol. The number of carbonyl (C=O) groups is 3. The van der Waals surface area contributed by atoms with Crippen LogP contribution < -0.4 is 10.6 Å². The molecule has 2 aromatic heterocycles. The van der Waals surface area contributed by atoms with E-state index in [1.165, 1.54) is 23.5 Å². The summed E-state index contributed by atoms with van der Waals surface area (Å²) < 4.78 is 3.01. The highest BCUT2D eigenvalue weighted by Gasteiger charge is 2.22. The van der Waals surface area contributed by atoms with Crippen molar-refractivity contribution in [1.29, 1.82) is 0 Å². The highest BCUT2D eigenvalue weighted by atomic mass is 16.4. The average molecular weight is 402 g/mol. The lowest BCUT2D eigenvalue weighted by atomic mass is 9.95. The van der Waals surface area contributed by atoms with Crippen LogP contribution in [0.3, 0.4) is 0 Å². The predicted octanol–water partition coefficient (Wildman–Crippen LogP) is 1.89. The number of carbonyl (C=O) groups excluding carboxylic acids is 2. The third-order valence-electron chi connectivity index (χ3n) is 4.96. The summed E-state index contributed by atoms with van der Waals surface area (Å²) in [4.78, 5) is 35.9. The molecule has 1 fully saturated rings. The molecule has 0 atom stereocenters. The van der Waals surface area contributed by atoms with E-state index in [0.717, 1.165) is 25.7 Å². The highest BCUT2D eigenvalue weighted by Crippen LogP contribution is 2.19. The molecule has 2 amide bonds. The molecule has 0 spiro atoms. The van der Waals surface area contributed by atoms with Crippen molar-refractivity contribution in [2.75, 3.05) is 5.32 Å². The van der Waals surface area contributed by atoms with Gasteiger partial charge >= 0.3 is 5.97 Å². The van der Waals surface area contributed by atoms with Crippen LogP contribution in [0.1, 0.15) is 66.3 Å². The Labute approximate surface area is 168 Å². The molecule has 0 bridgehead atoms. The Bertz CT molecular complexity index is 881. The number of anilines is 1. The molecule has 0 aliphatic heterocycles. The molecule has 3 rings (SSSR count). The lowest BCUT2D eigenvalue weighted by Gasteiger charge is -2.22. The van der Waals surface area contributed by atoms with E-state index in [0.29, 0.717) is 12.2 Å². The summed E-state index contributed by atoms with van der Waals surface area (Å²) in [5.74, 6) is -1.65. The van der Waals surface area contributed by atoms with Crippen LogP contribution in [0.15, 0.2) is 18.6 Å². The summed E-state index contributed by atoms with van der Waals surface area (Å²) in [7, 11) is 0. The minimum atomic E-state index is -1.07. The molecule has 2 aromatic rings. The first-order valence-electron chi connectivity index (χ1n) is 9.90. The van der Waals surface area contributed by atoms with E-state index in [4.69, 9.17) is 5.11 Å². The van der Waals surface area contributed by atoms with Gasteiger partial charge in [0, 0.05) is 37.9 Å². The number of hydrogen-bond donors (Lipinski definition) is 3. The Hall–Kier alpha value is -3.17. The third kappa shape index (κ3) is 5.43. The van der Waals surface area contributed by atoms with Gasteiger partial charge in [-0.05, 0) is 19.8 Å². The zero-order chi connectivity index (χ0) is 20.8. The van der Waals surface area contributed by atoms with E-state index in [2.05, 4.69) is 20.8 Å². The van der Waals surface area contributed by atoms with Crippen molar-refractivity contribution in [3.63, 3.8) is 0 Å². The molecule has 0 saturated heterocycles. The van der Waals surface area contributed by atoms with Crippen molar-refractivity contribution < 1.29 is 19.5 Å². The van der Waals surface area contributed by atoms with E-state index in [1.54, 1.807) is 10.9 Å². The standard InChI is InChI=1S/C19H26N6O4/c1-2-24-12-15(17(23-24)18(27)21-14-6-4-3-5-7-14)22-16(26)8-9-25-11-13(10-20-25)19(28)29/h10-12,14H,2-9H2,1H3,(H,21,27)(H,22,26)(H,28,29). The fourth-order valence-electron chi connectivity index (χ4n) is 3.37. The molecule has 29 heavy (non-hydrogen) atoms. The van der Waals surface area contributed by atoms with Gasteiger partial charge in [0.2, 0.25) is 5.91 Å². The topological polar surface area (TPSA) is 131 Å². The number of aromatic nitrogens is 4. The van der Waals surface area contributed by atoms with Gasteiger partial charge in [0.15, 0.2) is 5.69 Å². The maximum atomic E-state index is 12.7. The third-order valence-corrected chi connectivity index (χ3v) is 4.96. The fraction of sp³-hybridized carbons (Fsp3) is 0.526. The number of nitrogens with zero attached hydrogens (tertiary/aromatic N) is 4. The summed E-state index contributed by atoms with van der Waals surface area (Å²) in [6, 6.07) is 0.148. The number of hydrogen-bond acceptors (Lipinski definition) is 5. The molecule has 0 unspecified atom stereocenters. The van der Waals surface area contributed by atoms with Crippen LogP contribution in [-0.2, 0) is 17.9 Å². The number of aromatic carboxylic acids is 1. The zero-order valence-electron chi connectivity index (χ0n) is 16.4. The quantitative estimate of drug-likeness (QED) is 0.618. The summed E-state index contributed by atoms with van der Waals surface area (Å²) in [6.45, 7) is 2.70. The minimum absolute atomic E-state index is 0.0660. The van der Waals surface area contributed by atoms with Crippen molar-refractivity contribution in [3.8, 4) is 0 Å². The van der Waals surface area contributed by atoms with Crippen LogP contribution in [0.25, 0.3) is 0 Å². The van der Waals surface area contributed by atoms with Gasteiger partial charge in [-0.25, -0.2) is 4.79 Å². The summed E-state index contributed by atoms with van der Waals surface area (Å²) in [6.07, 6.45) is 9.67. The fourth-order valence-corrected chi connectivity index (χ4v) is 3.37. The van der Waals surface area contributed by atoms with Crippen molar-refractivity contribution in [2.45, 2.75) is 64.6 Å². The number of carboxylic acids is 1. The molecule has 2 heterocycles. The number of nitrogens with one attached hydrogen (secondary N) is 2. The van der Waals surface area contributed by atoms with Crippen molar-refractivity contribution >= 4 is 23.5 Å². The van der Waals surface area contributed by atoms with Gasteiger partial charge in [0.25, 0.3) is 5.91 Å². The molecule has 1 saturated carbocycles. The van der Waals surface area contributed by atoms with Crippen LogP contribution in [-0.4, -0.2) is 48.5 Å². The Balaban J connectivity index is 1.61. The summed E-state index contributed by atoms with van der Waals surface area (Å²) in [5.41, 5.74) is 0.645. The molecule has 1 aliphatic carbocycles. The number of rotatable bonds is 8. The molecule has 156 valence electrons. The molecule has 0 radical (unpaired) electrons. The Morgan fingerprint density at radius 3 is 2.59 bits per heavy atom. The molecule has 1 aliphatic rings. The van der Waals surface area contributed by atoms with Gasteiger partial charge in [0.1, 0.15) is 0 Å². The molecular formula is C19H26N6O4. The first-order valence-corrected chi connectivity index (χ1v) is 9.90. The summed E-state index contributed by atoms with van der Waals surface area (Å²) >= 11 is 0. The first kappa shape index (κ1) is 20.6. The van der Waals surface area contributed by atoms with E-state index in [9.17, 15) is 14.4 Å². The van der Waals surface area contributed by atoms with Crippen LogP contribution in [0, 0.1) is 0 Å². The minimum Gasteiger partial charge on any atom is -0.478 e. The van der Waals surface area contributed by atoms with Gasteiger partial charge in [-0.15, -0.1) is 0 Å². The van der Waals surface area contributed by atoms with Gasteiger partial charge in [-0.2, -0.15) is 10.2 Å². The van der Waals surface area contributed by atoms with Gasteiger partial charge in [-0.3, -0.25) is 19.0 Å². The highest BCUT2D eigenvalue weighted by molar-refractivity contribution is 6.02. The van der Waals surface area contributed by atoms with Crippen LogP contribution in [0.5, 0.6) is 0 Å². The van der Waals surface area contributed by atoms with Crippen molar-refractivity contribution in [3.05, 3.63) is 29.8 Å². The lowest BCUT2D eigenvalue weighted by Crippen LogP contribution is -2.36. The molecule has 10 heteroatoms. The number of carboxylic acid groups (broad SMARTS) is 1. The van der Waals surface area contributed by atoms with Crippen LogP contribution in [0.4, 0.5) is 5.69 Å². The van der Waals surface area contributed by atoms with E-state index >= 15 is 0 Å². The SMILES string of the molecule is CCn1cc(NC(=O)CCn2cc(C(=O)O)cn2)c(C(=O)NC2CCCCC2)n1. The van der Waals surface area contributed by atoms with Crippen LogP contribution in [0.2, 0.25) is 0 Å². The van der Waals surface area contributed by atoms with E-state index < -0.39 is 5.97 Å². The second-order valence-corrected chi connectivity index (χ2v) is 7.15. The maximum Gasteiger partial charge on any atom is 0.338 e. The second kappa shape index (κ2) is 9.35. The zero-order valence-corrected chi connectivity index (χ0v) is 16.4. The Morgan fingerprint density at radius 1 is 1.17 bits per heavy atom. The first-order chi connectivity index (χ1) is 14.0.